The Bertz CT molecular complexity index is 651. The summed E-state index contributed by atoms with van der Waals surface area (Å²) in [5, 5.41) is 1.73. The summed E-state index contributed by atoms with van der Waals surface area (Å²) < 4.78 is 39.3. The minimum Gasteiger partial charge on any atom is -0.398 e. The molecule has 0 unspecified atom stereocenters. The molecule has 2 N–H and O–H groups in total. The van der Waals surface area contributed by atoms with Crippen LogP contribution in [0.1, 0.15) is 5.69 Å². The summed E-state index contributed by atoms with van der Waals surface area (Å²) in [7, 11) is -2.62. The van der Waals surface area contributed by atoms with Crippen molar-refractivity contribution in [3.8, 4) is 0 Å². The predicted molar refractivity (Wildman–Crippen MR) is 71.6 cm³/mol. The van der Waals surface area contributed by atoms with Gasteiger partial charge in [0.15, 0.2) is 0 Å². The second-order valence-electron chi connectivity index (χ2n) is 3.90. The highest BCUT2D eigenvalue weighted by Gasteiger charge is 2.27. The fourth-order valence-corrected chi connectivity index (χ4v) is 3.43. The van der Waals surface area contributed by atoms with Crippen LogP contribution >= 0.6 is 11.3 Å². The molecule has 0 fully saturated rings. The first-order valence-corrected chi connectivity index (χ1v) is 7.68. The van der Waals surface area contributed by atoms with E-state index in [9.17, 15) is 12.8 Å². The van der Waals surface area contributed by atoms with Gasteiger partial charge < -0.3 is 5.73 Å². The van der Waals surface area contributed by atoms with Crippen LogP contribution in [0.3, 0.4) is 0 Å². The number of nitrogen functional groups attached to an aromatic ring is 1. The number of thiazole rings is 1. The zero-order chi connectivity index (χ0) is 14.0. The number of hydrogen-bond donors (Lipinski definition) is 1. The molecule has 1 aromatic carbocycles. The van der Waals surface area contributed by atoms with Crippen LogP contribution in [0.25, 0.3) is 0 Å². The maximum absolute atomic E-state index is 13.7. The Morgan fingerprint density at radius 1 is 1.47 bits per heavy atom. The number of halogens is 1. The van der Waals surface area contributed by atoms with Gasteiger partial charge in [-0.25, -0.2) is 17.8 Å². The van der Waals surface area contributed by atoms with Gasteiger partial charge in [0.05, 0.1) is 23.4 Å². The van der Waals surface area contributed by atoms with Gasteiger partial charge in [-0.2, -0.15) is 4.31 Å². The first-order valence-electron chi connectivity index (χ1n) is 5.30. The third kappa shape index (κ3) is 2.75. The van der Waals surface area contributed by atoms with Gasteiger partial charge in [0.25, 0.3) is 0 Å². The minimum absolute atomic E-state index is 0.0691. The molecule has 0 aliphatic heterocycles. The predicted octanol–water partition coefficient (Wildman–Crippen LogP) is 1.69. The number of anilines is 1. The van der Waals surface area contributed by atoms with Crippen LogP contribution in [0.5, 0.6) is 0 Å². The first-order chi connectivity index (χ1) is 8.93. The van der Waals surface area contributed by atoms with Crippen molar-refractivity contribution in [1.82, 2.24) is 9.29 Å². The molecule has 2 rings (SSSR count). The molecule has 0 saturated heterocycles. The maximum Gasteiger partial charge on any atom is 0.248 e. The summed E-state index contributed by atoms with van der Waals surface area (Å²) in [6.07, 6.45) is 0. The van der Waals surface area contributed by atoms with E-state index in [0.717, 1.165) is 10.4 Å². The highest BCUT2D eigenvalue weighted by Crippen LogP contribution is 2.25. The lowest BCUT2D eigenvalue weighted by Crippen LogP contribution is -2.28. The summed E-state index contributed by atoms with van der Waals surface area (Å²) in [6.45, 7) is 0.0691. The van der Waals surface area contributed by atoms with E-state index < -0.39 is 20.7 Å². The standard InChI is InChI=1S/C11H12FN3O2S2/c1-15(5-8-6-18-7-14-8)19(16,17)11-9(12)3-2-4-10(11)13/h2-4,6-7H,5,13H2,1H3. The van der Waals surface area contributed by atoms with E-state index in [1.54, 1.807) is 10.9 Å². The average Bonchev–Trinajstić information content (AvgIpc) is 2.81. The van der Waals surface area contributed by atoms with E-state index in [2.05, 4.69) is 4.98 Å². The fraction of sp³-hybridized carbons (Fsp3) is 0.182. The number of sulfonamides is 1. The van der Waals surface area contributed by atoms with Crippen LogP contribution in [-0.2, 0) is 16.6 Å². The van der Waals surface area contributed by atoms with Gasteiger partial charge in [0, 0.05) is 12.4 Å². The van der Waals surface area contributed by atoms with Crippen LogP contribution in [0, 0.1) is 5.82 Å². The Kier molecular flexibility index (Phi) is 3.83. The van der Waals surface area contributed by atoms with Crippen molar-refractivity contribution in [1.29, 1.82) is 0 Å². The van der Waals surface area contributed by atoms with Crippen molar-refractivity contribution in [2.45, 2.75) is 11.4 Å². The second-order valence-corrected chi connectivity index (χ2v) is 6.60. The molecule has 0 saturated carbocycles. The summed E-state index contributed by atoms with van der Waals surface area (Å²) >= 11 is 1.36. The Morgan fingerprint density at radius 2 is 2.21 bits per heavy atom. The summed E-state index contributed by atoms with van der Waals surface area (Å²) in [5.74, 6) is -0.856. The molecule has 8 heteroatoms. The van der Waals surface area contributed by atoms with Crippen LogP contribution < -0.4 is 5.73 Å². The van der Waals surface area contributed by atoms with Gasteiger partial charge in [-0.1, -0.05) is 6.07 Å². The molecule has 2 aromatic rings. The van der Waals surface area contributed by atoms with E-state index in [0.29, 0.717) is 5.69 Å². The van der Waals surface area contributed by atoms with Crippen LogP contribution in [0.2, 0.25) is 0 Å². The molecule has 0 amide bonds. The lowest BCUT2D eigenvalue weighted by atomic mass is 10.3. The minimum atomic E-state index is -3.98. The summed E-state index contributed by atoms with van der Waals surface area (Å²) in [4.78, 5) is 3.50. The highest BCUT2D eigenvalue weighted by atomic mass is 32.2. The molecular formula is C11H12FN3O2S2. The lowest BCUT2D eigenvalue weighted by molar-refractivity contribution is 0.457. The molecule has 1 heterocycles. The van der Waals surface area contributed by atoms with E-state index in [1.807, 2.05) is 0 Å². The SMILES string of the molecule is CN(Cc1cscn1)S(=O)(=O)c1c(N)cccc1F. The third-order valence-corrected chi connectivity index (χ3v) is 5.07. The maximum atomic E-state index is 13.7. The van der Waals surface area contributed by atoms with Crippen molar-refractivity contribution in [2.75, 3.05) is 12.8 Å². The molecule has 0 spiro atoms. The molecule has 1 aromatic heterocycles. The fourth-order valence-electron chi connectivity index (χ4n) is 1.58. The Morgan fingerprint density at radius 3 is 2.79 bits per heavy atom. The topological polar surface area (TPSA) is 76.3 Å². The number of rotatable bonds is 4. The molecule has 102 valence electrons. The molecular weight excluding hydrogens is 289 g/mol. The van der Waals surface area contributed by atoms with Crippen LogP contribution in [0.4, 0.5) is 10.1 Å². The number of nitrogens with two attached hydrogens (primary N) is 1. The molecule has 0 aliphatic carbocycles. The number of nitrogens with zero attached hydrogens (tertiary/aromatic N) is 2. The van der Waals surface area contributed by atoms with Crippen molar-refractivity contribution < 1.29 is 12.8 Å². The second kappa shape index (κ2) is 5.24. The van der Waals surface area contributed by atoms with E-state index in [-0.39, 0.29) is 12.2 Å². The van der Waals surface area contributed by atoms with Crippen LogP contribution in [-0.4, -0.2) is 24.8 Å². The normalized spacial score (nSPS) is 11.9. The molecule has 19 heavy (non-hydrogen) atoms. The number of aromatic nitrogens is 1. The van der Waals surface area contributed by atoms with Crippen molar-refractivity contribution in [2.24, 2.45) is 0 Å². The zero-order valence-corrected chi connectivity index (χ0v) is 11.7. The van der Waals surface area contributed by atoms with Gasteiger partial charge in [-0.15, -0.1) is 11.3 Å². The van der Waals surface area contributed by atoms with E-state index in [4.69, 9.17) is 5.73 Å². The summed E-state index contributed by atoms with van der Waals surface area (Å²) in [6, 6.07) is 3.79. The van der Waals surface area contributed by atoms with E-state index >= 15 is 0 Å². The highest BCUT2D eigenvalue weighted by molar-refractivity contribution is 7.89. The molecule has 0 bridgehead atoms. The van der Waals surface area contributed by atoms with Crippen molar-refractivity contribution >= 4 is 27.0 Å². The van der Waals surface area contributed by atoms with Crippen molar-refractivity contribution in [3.05, 3.63) is 40.6 Å². The monoisotopic (exact) mass is 301 g/mol. The Hall–Kier alpha value is -1.51. The summed E-state index contributed by atoms with van der Waals surface area (Å²) in [5.41, 5.74) is 7.66. The molecule has 5 nitrogen and oxygen atoms in total. The number of benzene rings is 1. The van der Waals surface area contributed by atoms with Gasteiger partial charge in [-0.3, -0.25) is 0 Å². The average molecular weight is 301 g/mol. The Balaban J connectivity index is 2.37. The van der Waals surface area contributed by atoms with Gasteiger partial charge in [0.1, 0.15) is 10.7 Å². The van der Waals surface area contributed by atoms with Crippen LogP contribution in [0.15, 0.2) is 34.0 Å². The molecule has 0 radical (unpaired) electrons. The first kappa shape index (κ1) is 13.9. The van der Waals surface area contributed by atoms with E-state index in [1.165, 1.54) is 30.5 Å². The smallest absolute Gasteiger partial charge is 0.248 e. The van der Waals surface area contributed by atoms with Gasteiger partial charge >= 0.3 is 0 Å². The van der Waals surface area contributed by atoms with Crippen molar-refractivity contribution in [3.63, 3.8) is 0 Å². The molecule has 0 atom stereocenters. The lowest BCUT2D eigenvalue weighted by Gasteiger charge is -2.17. The third-order valence-electron chi connectivity index (χ3n) is 2.53. The quantitative estimate of drug-likeness (QED) is 0.872. The van der Waals surface area contributed by atoms with Gasteiger partial charge in [-0.05, 0) is 12.1 Å². The largest absolute Gasteiger partial charge is 0.398 e. The number of hydrogen-bond acceptors (Lipinski definition) is 5. The molecule has 0 aliphatic rings. The Labute approximate surface area is 114 Å². The zero-order valence-electron chi connectivity index (χ0n) is 10.1. The van der Waals surface area contributed by atoms with Gasteiger partial charge in [0.2, 0.25) is 10.0 Å².